The number of thioether (sulfide) groups is 1. The van der Waals surface area contributed by atoms with Crippen molar-refractivity contribution in [3.63, 3.8) is 0 Å². The van der Waals surface area contributed by atoms with Gasteiger partial charge in [-0.25, -0.2) is 4.79 Å². The average Bonchev–Trinajstić information content (AvgIpc) is 2.95. The molecule has 1 aromatic carbocycles. The van der Waals surface area contributed by atoms with E-state index in [0.717, 1.165) is 22.1 Å². The Balaban J connectivity index is 1.72. The molecule has 7 heteroatoms. The van der Waals surface area contributed by atoms with Crippen molar-refractivity contribution in [2.24, 2.45) is 7.05 Å². The highest BCUT2D eigenvalue weighted by atomic mass is 32.2. The van der Waals surface area contributed by atoms with E-state index in [1.165, 1.54) is 0 Å². The van der Waals surface area contributed by atoms with Crippen LogP contribution >= 0.6 is 11.8 Å². The van der Waals surface area contributed by atoms with Gasteiger partial charge in [0.25, 0.3) is 0 Å². The van der Waals surface area contributed by atoms with Crippen molar-refractivity contribution in [3.05, 3.63) is 59.9 Å². The number of aromatic nitrogens is 4. The fraction of sp³-hybridized carbons (Fsp3) is 0.125. The molecular weight excluding hydrogens is 312 g/mol. The highest BCUT2D eigenvalue weighted by Gasteiger charge is 2.11. The second-order valence-corrected chi connectivity index (χ2v) is 5.83. The summed E-state index contributed by atoms with van der Waals surface area (Å²) in [5, 5.41) is 18.1. The van der Waals surface area contributed by atoms with Crippen molar-refractivity contribution in [2.45, 2.75) is 10.9 Å². The van der Waals surface area contributed by atoms with Gasteiger partial charge < -0.3 is 9.67 Å². The maximum Gasteiger partial charge on any atom is 0.335 e. The van der Waals surface area contributed by atoms with Crippen molar-refractivity contribution < 1.29 is 9.90 Å². The molecule has 0 amide bonds. The lowest BCUT2D eigenvalue weighted by molar-refractivity contribution is 0.0697. The number of nitrogens with zero attached hydrogens (tertiary/aromatic N) is 4. The normalized spacial score (nSPS) is 10.7. The molecule has 0 saturated carbocycles. The molecule has 116 valence electrons. The first-order valence-corrected chi connectivity index (χ1v) is 7.88. The van der Waals surface area contributed by atoms with Gasteiger partial charge in [-0.05, 0) is 29.8 Å². The molecule has 23 heavy (non-hydrogen) atoms. The van der Waals surface area contributed by atoms with Gasteiger partial charge in [0.05, 0.1) is 5.56 Å². The predicted molar refractivity (Wildman–Crippen MR) is 87.2 cm³/mol. The van der Waals surface area contributed by atoms with Crippen molar-refractivity contribution in [1.29, 1.82) is 0 Å². The van der Waals surface area contributed by atoms with Crippen LogP contribution in [0.2, 0.25) is 0 Å². The minimum absolute atomic E-state index is 0.289. The molecule has 1 N–H and O–H groups in total. The zero-order valence-electron chi connectivity index (χ0n) is 12.4. The molecule has 2 aromatic heterocycles. The quantitative estimate of drug-likeness (QED) is 0.726. The zero-order valence-corrected chi connectivity index (χ0v) is 13.2. The van der Waals surface area contributed by atoms with Crippen molar-refractivity contribution in [1.82, 2.24) is 19.7 Å². The van der Waals surface area contributed by atoms with E-state index in [0.29, 0.717) is 5.75 Å². The summed E-state index contributed by atoms with van der Waals surface area (Å²) >= 11 is 1.56. The molecule has 0 aliphatic carbocycles. The third kappa shape index (κ3) is 3.40. The first-order valence-electron chi connectivity index (χ1n) is 6.90. The maximum atomic E-state index is 10.8. The smallest absolute Gasteiger partial charge is 0.335 e. The van der Waals surface area contributed by atoms with Gasteiger partial charge in [0.1, 0.15) is 0 Å². The standard InChI is InChI=1S/C16H14N4O2S/c1-20-14(12-6-8-17-9-7-12)18-19-16(20)23-10-11-2-4-13(5-3-11)15(21)22/h2-9H,10H2,1H3,(H,21,22). The lowest BCUT2D eigenvalue weighted by Gasteiger charge is -2.04. The van der Waals surface area contributed by atoms with Crippen LogP contribution in [0.3, 0.4) is 0 Å². The first kappa shape index (κ1) is 15.2. The fourth-order valence-electron chi connectivity index (χ4n) is 2.08. The van der Waals surface area contributed by atoms with Gasteiger partial charge in [-0.3, -0.25) is 4.98 Å². The third-order valence-corrected chi connectivity index (χ3v) is 4.43. The maximum absolute atomic E-state index is 10.8. The molecular formula is C16H14N4O2S. The van der Waals surface area contributed by atoms with Crippen LogP contribution in [0.25, 0.3) is 11.4 Å². The highest BCUT2D eigenvalue weighted by Crippen LogP contribution is 2.25. The number of hydrogen-bond donors (Lipinski definition) is 1. The molecule has 0 aliphatic rings. The Morgan fingerprint density at radius 2 is 1.83 bits per heavy atom. The molecule has 2 heterocycles. The molecule has 0 radical (unpaired) electrons. The Bertz CT molecular complexity index is 816. The number of hydrogen-bond acceptors (Lipinski definition) is 5. The number of rotatable bonds is 5. The van der Waals surface area contributed by atoms with Crippen LogP contribution in [0, 0.1) is 0 Å². The Morgan fingerprint density at radius 3 is 2.48 bits per heavy atom. The number of carbonyl (C=O) groups is 1. The molecule has 6 nitrogen and oxygen atoms in total. The van der Waals surface area contributed by atoms with Gasteiger partial charge in [-0.15, -0.1) is 10.2 Å². The second-order valence-electron chi connectivity index (χ2n) is 4.89. The molecule has 0 saturated heterocycles. The Kier molecular flexibility index (Phi) is 4.38. The highest BCUT2D eigenvalue weighted by molar-refractivity contribution is 7.98. The number of aromatic carboxylic acids is 1. The van der Waals surface area contributed by atoms with Gasteiger partial charge in [-0.1, -0.05) is 23.9 Å². The van der Waals surface area contributed by atoms with Crippen molar-refractivity contribution in [3.8, 4) is 11.4 Å². The summed E-state index contributed by atoms with van der Waals surface area (Å²) in [5.74, 6) is 0.568. The molecule has 0 fully saturated rings. The van der Waals surface area contributed by atoms with Crippen molar-refractivity contribution in [2.75, 3.05) is 0 Å². The molecule has 0 aliphatic heterocycles. The summed E-state index contributed by atoms with van der Waals surface area (Å²) in [6.45, 7) is 0. The van der Waals surface area contributed by atoms with Gasteiger partial charge in [-0.2, -0.15) is 0 Å². The Labute approximate surface area is 137 Å². The van der Waals surface area contributed by atoms with E-state index in [1.54, 1.807) is 36.3 Å². The lowest BCUT2D eigenvalue weighted by Crippen LogP contribution is -1.96. The summed E-state index contributed by atoms with van der Waals surface area (Å²) in [6.07, 6.45) is 3.45. The van der Waals surface area contributed by atoms with Gasteiger partial charge in [0.2, 0.25) is 0 Å². The van der Waals surface area contributed by atoms with Crippen molar-refractivity contribution >= 4 is 17.7 Å². The number of carboxylic acid groups (broad SMARTS) is 1. The average molecular weight is 326 g/mol. The van der Waals surface area contributed by atoms with Crippen LogP contribution in [-0.4, -0.2) is 30.8 Å². The minimum atomic E-state index is -0.917. The van der Waals surface area contributed by atoms with Crippen LogP contribution < -0.4 is 0 Å². The SMILES string of the molecule is Cn1c(SCc2ccc(C(=O)O)cc2)nnc1-c1ccncc1. The third-order valence-electron chi connectivity index (χ3n) is 3.34. The lowest BCUT2D eigenvalue weighted by atomic mass is 10.1. The molecule has 3 aromatic rings. The van der Waals surface area contributed by atoms with Crippen LogP contribution in [0.5, 0.6) is 0 Å². The number of carboxylic acids is 1. The molecule has 3 rings (SSSR count). The summed E-state index contributed by atoms with van der Waals surface area (Å²) < 4.78 is 1.94. The van der Waals surface area contributed by atoms with Crippen LogP contribution in [0.15, 0.2) is 53.9 Å². The summed E-state index contributed by atoms with van der Waals surface area (Å²) in [4.78, 5) is 14.8. The first-order chi connectivity index (χ1) is 11.1. The largest absolute Gasteiger partial charge is 0.478 e. The van der Waals surface area contributed by atoms with Gasteiger partial charge >= 0.3 is 5.97 Å². The minimum Gasteiger partial charge on any atom is -0.478 e. The monoisotopic (exact) mass is 326 g/mol. The van der Waals surface area contributed by atoms with Gasteiger partial charge in [0.15, 0.2) is 11.0 Å². The summed E-state index contributed by atoms with van der Waals surface area (Å²) in [6, 6.07) is 10.6. The molecule has 0 atom stereocenters. The van der Waals surface area contributed by atoms with E-state index < -0.39 is 5.97 Å². The van der Waals surface area contributed by atoms with Gasteiger partial charge in [0, 0.05) is 30.8 Å². The summed E-state index contributed by atoms with van der Waals surface area (Å²) in [5.41, 5.74) is 2.29. The molecule has 0 unspecified atom stereocenters. The number of benzene rings is 1. The van der Waals surface area contributed by atoms with E-state index in [1.807, 2.05) is 35.9 Å². The van der Waals surface area contributed by atoms with Crippen LogP contribution in [0.1, 0.15) is 15.9 Å². The Morgan fingerprint density at radius 1 is 1.13 bits per heavy atom. The van der Waals surface area contributed by atoms with Crippen LogP contribution in [-0.2, 0) is 12.8 Å². The van der Waals surface area contributed by atoms with Crippen LogP contribution in [0.4, 0.5) is 0 Å². The summed E-state index contributed by atoms with van der Waals surface area (Å²) in [7, 11) is 1.92. The van der Waals surface area contributed by atoms with E-state index in [4.69, 9.17) is 5.11 Å². The second kappa shape index (κ2) is 6.62. The molecule has 0 bridgehead atoms. The fourth-order valence-corrected chi connectivity index (χ4v) is 2.95. The van der Waals surface area contributed by atoms with E-state index in [-0.39, 0.29) is 5.56 Å². The number of pyridine rings is 1. The van der Waals surface area contributed by atoms with E-state index in [2.05, 4.69) is 15.2 Å². The van der Waals surface area contributed by atoms with E-state index >= 15 is 0 Å². The Hall–Kier alpha value is -2.67. The van der Waals surface area contributed by atoms with E-state index in [9.17, 15) is 4.79 Å². The molecule has 0 spiro atoms. The predicted octanol–water partition coefficient (Wildman–Crippen LogP) is 2.87. The topological polar surface area (TPSA) is 80.9 Å². The zero-order chi connectivity index (χ0) is 16.2.